The van der Waals surface area contributed by atoms with Gasteiger partial charge in [-0.3, -0.25) is 4.79 Å². The summed E-state index contributed by atoms with van der Waals surface area (Å²) in [5.41, 5.74) is 0.455. The molecule has 3 heterocycles. The summed E-state index contributed by atoms with van der Waals surface area (Å²) in [5, 5.41) is 8.56. The standard InChI is InChI=1S/C10H6ClNOS.C4H10N2/c11-10-7(3-1-5-12-10)9(13)8-4-2-6-14-8;1-2-6-4-3-5-1/h1-6H;5-6H,1-4H2. The third kappa shape index (κ3) is 4.38. The summed E-state index contributed by atoms with van der Waals surface area (Å²) in [4.78, 5) is 16.4. The van der Waals surface area contributed by atoms with Crippen LogP contribution in [-0.2, 0) is 0 Å². The Morgan fingerprint density at radius 1 is 1.15 bits per heavy atom. The van der Waals surface area contributed by atoms with Gasteiger partial charge < -0.3 is 10.6 Å². The minimum Gasteiger partial charge on any atom is -0.314 e. The van der Waals surface area contributed by atoms with Gasteiger partial charge >= 0.3 is 0 Å². The number of pyridine rings is 1. The van der Waals surface area contributed by atoms with E-state index >= 15 is 0 Å². The Morgan fingerprint density at radius 3 is 2.35 bits per heavy atom. The summed E-state index contributed by atoms with van der Waals surface area (Å²) in [6.45, 7) is 4.56. The Hall–Kier alpha value is -1.27. The number of carbonyl (C=O) groups excluding carboxylic acids is 1. The van der Waals surface area contributed by atoms with E-state index < -0.39 is 0 Å². The van der Waals surface area contributed by atoms with Gasteiger partial charge in [0, 0.05) is 32.4 Å². The molecule has 0 unspecified atom stereocenters. The molecule has 4 nitrogen and oxygen atoms in total. The Bertz CT molecular complexity index is 530. The largest absolute Gasteiger partial charge is 0.314 e. The fourth-order valence-electron chi connectivity index (χ4n) is 1.70. The second-order valence-electron chi connectivity index (χ2n) is 4.15. The second-order valence-corrected chi connectivity index (χ2v) is 5.45. The van der Waals surface area contributed by atoms with Crippen molar-refractivity contribution in [1.82, 2.24) is 15.6 Å². The number of thiophene rings is 1. The molecule has 0 aliphatic carbocycles. The minimum absolute atomic E-state index is 0.0712. The van der Waals surface area contributed by atoms with E-state index in [-0.39, 0.29) is 10.9 Å². The van der Waals surface area contributed by atoms with Crippen LogP contribution < -0.4 is 10.6 Å². The number of aromatic nitrogens is 1. The summed E-state index contributed by atoms with van der Waals surface area (Å²) in [7, 11) is 0. The summed E-state index contributed by atoms with van der Waals surface area (Å²) in [5.74, 6) is -0.0712. The van der Waals surface area contributed by atoms with E-state index in [9.17, 15) is 4.79 Å². The highest BCUT2D eigenvalue weighted by molar-refractivity contribution is 7.12. The van der Waals surface area contributed by atoms with Crippen LogP contribution in [0.15, 0.2) is 35.8 Å². The Kier molecular flexibility index (Phi) is 6.14. The summed E-state index contributed by atoms with van der Waals surface area (Å²) in [6, 6.07) is 6.99. The highest BCUT2D eigenvalue weighted by Gasteiger charge is 2.13. The molecule has 0 bridgehead atoms. The van der Waals surface area contributed by atoms with E-state index in [1.807, 2.05) is 11.4 Å². The lowest BCUT2D eigenvalue weighted by Crippen LogP contribution is -2.39. The van der Waals surface area contributed by atoms with Gasteiger partial charge in [0.2, 0.25) is 5.78 Å². The Labute approximate surface area is 127 Å². The molecule has 1 fully saturated rings. The molecule has 106 valence electrons. The average Bonchev–Trinajstić information content (AvgIpc) is 3.04. The first-order valence-corrected chi connectivity index (χ1v) is 7.65. The maximum Gasteiger partial charge on any atom is 0.206 e. The molecule has 0 aromatic carbocycles. The highest BCUT2D eigenvalue weighted by Crippen LogP contribution is 2.19. The molecule has 2 N–H and O–H groups in total. The first kappa shape index (κ1) is 15.1. The van der Waals surface area contributed by atoms with Crippen molar-refractivity contribution in [2.75, 3.05) is 26.2 Å². The lowest BCUT2D eigenvalue weighted by Gasteiger charge is -2.11. The number of rotatable bonds is 2. The Morgan fingerprint density at radius 2 is 1.85 bits per heavy atom. The maximum atomic E-state index is 11.8. The zero-order chi connectivity index (χ0) is 14.2. The monoisotopic (exact) mass is 309 g/mol. The molecule has 0 radical (unpaired) electrons. The van der Waals surface area contributed by atoms with Crippen molar-refractivity contribution in [2.45, 2.75) is 0 Å². The van der Waals surface area contributed by atoms with E-state index in [4.69, 9.17) is 11.6 Å². The van der Waals surface area contributed by atoms with Gasteiger partial charge in [-0.25, -0.2) is 4.98 Å². The average molecular weight is 310 g/mol. The van der Waals surface area contributed by atoms with E-state index in [1.54, 1.807) is 24.4 Å². The van der Waals surface area contributed by atoms with Gasteiger partial charge in [0.25, 0.3) is 0 Å². The fourth-order valence-corrected chi connectivity index (χ4v) is 2.58. The molecule has 1 aliphatic heterocycles. The molecule has 0 spiro atoms. The second kappa shape index (κ2) is 8.11. The number of nitrogens with zero attached hydrogens (tertiary/aromatic N) is 1. The fraction of sp³-hybridized carbons (Fsp3) is 0.286. The number of halogens is 1. The molecule has 2 aromatic rings. The van der Waals surface area contributed by atoms with Crippen molar-refractivity contribution in [3.63, 3.8) is 0 Å². The van der Waals surface area contributed by atoms with E-state index in [0.717, 1.165) is 26.2 Å². The van der Waals surface area contributed by atoms with Crippen LogP contribution in [0.25, 0.3) is 0 Å². The SMILES string of the molecule is C1CNCCN1.O=C(c1cccs1)c1cccnc1Cl. The third-order valence-electron chi connectivity index (χ3n) is 2.71. The van der Waals surface area contributed by atoms with E-state index in [0.29, 0.717) is 10.4 Å². The van der Waals surface area contributed by atoms with Crippen molar-refractivity contribution < 1.29 is 4.79 Å². The van der Waals surface area contributed by atoms with Gasteiger partial charge in [-0.2, -0.15) is 0 Å². The predicted molar refractivity (Wildman–Crippen MR) is 82.7 cm³/mol. The van der Waals surface area contributed by atoms with Crippen LogP contribution in [0.3, 0.4) is 0 Å². The van der Waals surface area contributed by atoms with Crippen molar-refractivity contribution in [3.05, 3.63) is 51.4 Å². The molecule has 2 aromatic heterocycles. The summed E-state index contributed by atoms with van der Waals surface area (Å²) < 4.78 is 0. The number of hydrogen-bond acceptors (Lipinski definition) is 5. The van der Waals surface area contributed by atoms with Gasteiger partial charge in [0.15, 0.2) is 0 Å². The van der Waals surface area contributed by atoms with Gasteiger partial charge in [-0.15, -0.1) is 11.3 Å². The normalized spacial score (nSPS) is 14.2. The number of ketones is 1. The smallest absolute Gasteiger partial charge is 0.206 e. The predicted octanol–water partition coefficient (Wildman–Crippen LogP) is 2.21. The lowest BCUT2D eigenvalue weighted by atomic mass is 10.1. The quantitative estimate of drug-likeness (QED) is 0.660. The van der Waals surface area contributed by atoms with Gasteiger partial charge in [-0.1, -0.05) is 17.7 Å². The van der Waals surface area contributed by atoms with E-state index in [2.05, 4.69) is 15.6 Å². The number of nitrogens with one attached hydrogen (secondary N) is 2. The van der Waals surface area contributed by atoms with Gasteiger partial charge in [0.05, 0.1) is 10.4 Å². The molecule has 0 atom stereocenters. The summed E-state index contributed by atoms with van der Waals surface area (Å²) in [6.07, 6.45) is 1.56. The van der Waals surface area contributed by atoms with Crippen molar-refractivity contribution in [3.8, 4) is 0 Å². The van der Waals surface area contributed by atoms with Crippen LogP contribution >= 0.6 is 22.9 Å². The zero-order valence-electron chi connectivity index (χ0n) is 10.9. The third-order valence-corrected chi connectivity index (χ3v) is 3.88. The van der Waals surface area contributed by atoms with Crippen molar-refractivity contribution >= 4 is 28.7 Å². The van der Waals surface area contributed by atoms with Crippen molar-refractivity contribution in [2.24, 2.45) is 0 Å². The molecule has 20 heavy (non-hydrogen) atoms. The highest BCUT2D eigenvalue weighted by atomic mass is 35.5. The van der Waals surface area contributed by atoms with Gasteiger partial charge in [0.1, 0.15) is 5.15 Å². The molecule has 3 rings (SSSR count). The molecular formula is C14H16ClN3OS. The number of hydrogen-bond donors (Lipinski definition) is 2. The van der Waals surface area contributed by atoms with Crippen LogP contribution in [0.5, 0.6) is 0 Å². The first-order chi connectivity index (χ1) is 9.79. The Balaban J connectivity index is 0.000000205. The lowest BCUT2D eigenvalue weighted by molar-refractivity contribution is 0.104. The molecule has 6 heteroatoms. The molecule has 0 amide bonds. The molecule has 1 saturated heterocycles. The molecule has 0 saturated carbocycles. The van der Waals surface area contributed by atoms with E-state index in [1.165, 1.54) is 11.3 Å². The number of piperazine rings is 1. The van der Waals surface area contributed by atoms with Crippen molar-refractivity contribution in [1.29, 1.82) is 0 Å². The van der Waals surface area contributed by atoms with Crippen LogP contribution in [0.2, 0.25) is 5.15 Å². The minimum atomic E-state index is -0.0712. The van der Waals surface area contributed by atoms with Crippen LogP contribution in [0, 0.1) is 0 Å². The van der Waals surface area contributed by atoms with Gasteiger partial charge in [-0.05, 0) is 23.6 Å². The topological polar surface area (TPSA) is 54.0 Å². The molecule has 1 aliphatic rings. The van der Waals surface area contributed by atoms with Crippen LogP contribution in [0.4, 0.5) is 0 Å². The zero-order valence-corrected chi connectivity index (χ0v) is 12.5. The first-order valence-electron chi connectivity index (χ1n) is 6.39. The van der Waals surface area contributed by atoms with Crippen LogP contribution in [0.1, 0.15) is 15.2 Å². The number of carbonyl (C=O) groups is 1. The summed E-state index contributed by atoms with van der Waals surface area (Å²) >= 11 is 7.21. The van der Waals surface area contributed by atoms with Crippen LogP contribution in [-0.4, -0.2) is 36.9 Å². The maximum absolute atomic E-state index is 11.8. The molecular weight excluding hydrogens is 294 g/mol.